The average molecular weight is 282 g/mol. The van der Waals surface area contributed by atoms with Gasteiger partial charge < -0.3 is 14.2 Å². The second-order valence-electron chi connectivity index (χ2n) is 5.39. The lowest BCUT2D eigenvalue weighted by Gasteiger charge is -2.20. The summed E-state index contributed by atoms with van der Waals surface area (Å²) in [7, 11) is 0. The van der Waals surface area contributed by atoms with Crippen molar-refractivity contribution in [3.05, 3.63) is 47.9 Å². The molecule has 0 atom stereocenters. The summed E-state index contributed by atoms with van der Waals surface area (Å²) in [5.74, 6) is 0. The van der Waals surface area contributed by atoms with Crippen LogP contribution in [0.1, 0.15) is 15.4 Å². The number of rotatable bonds is 1. The van der Waals surface area contributed by atoms with Gasteiger partial charge in [-0.3, -0.25) is 0 Å². The van der Waals surface area contributed by atoms with E-state index in [1.807, 2.05) is 43.0 Å². The van der Waals surface area contributed by atoms with Crippen molar-refractivity contribution in [3.63, 3.8) is 0 Å². The molecule has 3 aromatic rings. The number of pyridine rings is 1. The standard InChI is InChI=1S/C17H17N3O/c1-11-4-6-13-14-7-5-12(2)18-17(14)21-16(13)15(11)20-9-8-19(3)10-20/h4-9H,10H2,1-3H3/i3D3. The van der Waals surface area contributed by atoms with Crippen LogP contribution in [0, 0.1) is 13.8 Å². The molecule has 0 radical (unpaired) electrons. The van der Waals surface area contributed by atoms with Crippen LogP contribution >= 0.6 is 0 Å². The molecule has 0 unspecified atom stereocenters. The summed E-state index contributed by atoms with van der Waals surface area (Å²) in [5, 5.41) is 1.95. The maximum Gasteiger partial charge on any atom is 0.227 e. The minimum atomic E-state index is -2.15. The topological polar surface area (TPSA) is 32.5 Å². The third-order valence-electron chi connectivity index (χ3n) is 3.84. The van der Waals surface area contributed by atoms with Crippen LogP contribution in [0.2, 0.25) is 0 Å². The summed E-state index contributed by atoms with van der Waals surface area (Å²) in [5.41, 5.74) is 4.14. The van der Waals surface area contributed by atoms with Crippen molar-refractivity contribution < 1.29 is 8.53 Å². The van der Waals surface area contributed by atoms with Gasteiger partial charge in [0.2, 0.25) is 5.71 Å². The van der Waals surface area contributed by atoms with Gasteiger partial charge in [0.1, 0.15) is 0 Å². The molecule has 0 spiro atoms. The minimum Gasteiger partial charge on any atom is -0.435 e. The van der Waals surface area contributed by atoms with Crippen LogP contribution in [0.5, 0.6) is 0 Å². The Morgan fingerprint density at radius 2 is 2.00 bits per heavy atom. The molecule has 1 aromatic carbocycles. The molecular weight excluding hydrogens is 262 g/mol. The van der Waals surface area contributed by atoms with E-state index in [2.05, 4.69) is 4.98 Å². The van der Waals surface area contributed by atoms with E-state index in [4.69, 9.17) is 8.53 Å². The SMILES string of the molecule is [2H]C([2H])([2H])N1C=CN(c2c(C)ccc3c2oc2nc(C)ccc23)C1. The number of fused-ring (bicyclic) bond motifs is 3. The highest BCUT2D eigenvalue weighted by molar-refractivity contribution is 6.08. The fraction of sp³-hybridized carbons (Fsp3) is 0.235. The number of hydrogen-bond donors (Lipinski definition) is 0. The van der Waals surface area contributed by atoms with E-state index in [0.29, 0.717) is 5.71 Å². The maximum atomic E-state index is 7.56. The summed E-state index contributed by atoms with van der Waals surface area (Å²) in [6, 6.07) is 8.02. The Morgan fingerprint density at radius 1 is 1.14 bits per heavy atom. The molecular formula is C17H17N3O. The summed E-state index contributed by atoms with van der Waals surface area (Å²) in [4.78, 5) is 7.69. The van der Waals surface area contributed by atoms with E-state index >= 15 is 0 Å². The second-order valence-corrected chi connectivity index (χ2v) is 5.39. The van der Waals surface area contributed by atoms with Gasteiger partial charge in [-0.2, -0.15) is 0 Å². The molecule has 0 saturated heterocycles. The van der Waals surface area contributed by atoms with Gasteiger partial charge in [0, 0.05) is 40.0 Å². The molecule has 4 heteroatoms. The van der Waals surface area contributed by atoms with Gasteiger partial charge in [-0.15, -0.1) is 0 Å². The van der Waals surface area contributed by atoms with Gasteiger partial charge in [0.15, 0.2) is 5.58 Å². The molecule has 0 saturated carbocycles. The number of hydrogen-bond acceptors (Lipinski definition) is 4. The molecule has 0 aliphatic carbocycles. The first kappa shape index (κ1) is 9.45. The number of nitrogens with zero attached hydrogens (tertiary/aromatic N) is 3. The van der Waals surface area contributed by atoms with Crippen molar-refractivity contribution in [2.24, 2.45) is 0 Å². The summed E-state index contributed by atoms with van der Waals surface area (Å²) in [6.45, 7) is 2.03. The highest BCUT2D eigenvalue weighted by Crippen LogP contribution is 2.37. The molecule has 0 amide bonds. The minimum absolute atomic E-state index is 0.264. The number of benzene rings is 1. The van der Waals surface area contributed by atoms with Crippen LogP contribution in [0.4, 0.5) is 5.69 Å². The first-order valence-electron chi connectivity index (χ1n) is 8.36. The van der Waals surface area contributed by atoms with E-state index in [-0.39, 0.29) is 6.67 Å². The molecule has 1 aliphatic heterocycles. The molecule has 3 heterocycles. The molecule has 4 nitrogen and oxygen atoms in total. The number of aryl methyl sites for hydroxylation is 2. The predicted octanol–water partition coefficient (Wildman–Crippen LogP) is 3.78. The molecule has 2 aromatic heterocycles. The molecule has 21 heavy (non-hydrogen) atoms. The van der Waals surface area contributed by atoms with E-state index < -0.39 is 6.98 Å². The Balaban J connectivity index is 1.88. The van der Waals surface area contributed by atoms with Crippen LogP contribution in [0.15, 0.2) is 41.1 Å². The van der Waals surface area contributed by atoms with Crippen LogP contribution in [-0.2, 0) is 0 Å². The van der Waals surface area contributed by atoms with Crippen LogP contribution in [-0.4, -0.2) is 23.5 Å². The van der Waals surface area contributed by atoms with Crippen molar-refractivity contribution in [1.82, 2.24) is 9.88 Å². The fourth-order valence-corrected chi connectivity index (χ4v) is 2.82. The van der Waals surface area contributed by atoms with Crippen LogP contribution in [0.25, 0.3) is 22.1 Å². The fourth-order valence-electron chi connectivity index (χ4n) is 2.82. The maximum absolute atomic E-state index is 7.56. The molecule has 106 valence electrons. The normalized spacial score (nSPS) is 17.5. The van der Waals surface area contributed by atoms with Crippen LogP contribution < -0.4 is 4.90 Å². The monoisotopic (exact) mass is 282 g/mol. The van der Waals surface area contributed by atoms with E-state index in [1.165, 1.54) is 4.90 Å². The Labute approximate surface area is 127 Å². The Morgan fingerprint density at radius 3 is 2.81 bits per heavy atom. The lowest BCUT2D eigenvalue weighted by molar-refractivity contribution is 0.495. The van der Waals surface area contributed by atoms with Gasteiger partial charge in [0.05, 0.1) is 12.4 Å². The van der Waals surface area contributed by atoms with E-state index in [1.54, 1.807) is 12.4 Å². The molecule has 4 rings (SSSR count). The zero-order valence-corrected chi connectivity index (χ0v) is 11.9. The van der Waals surface area contributed by atoms with Gasteiger partial charge in [0.25, 0.3) is 0 Å². The zero-order valence-electron chi connectivity index (χ0n) is 14.9. The zero-order chi connectivity index (χ0) is 17.1. The van der Waals surface area contributed by atoms with Crippen molar-refractivity contribution >= 4 is 27.8 Å². The molecule has 1 aliphatic rings. The summed E-state index contributed by atoms with van der Waals surface area (Å²) >= 11 is 0. The lowest BCUT2D eigenvalue weighted by Crippen LogP contribution is -2.22. The first-order chi connectivity index (χ1) is 11.3. The first-order valence-corrected chi connectivity index (χ1v) is 6.86. The van der Waals surface area contributed by atoms with Gasteiger partial charge in [-0.05, 0) is 31.5 Å². The third kappa shape index (κ3) is 1.79. The summed E-state index contributed by atoms with van der Waals surface area (Å²) < 4.78 is 28.7. The van der Waals surface area contributed by atoms with Gasteiger partial charge >= 0.3 is 0 Å². The second kappa shape index (κ2) is 4.25. The molecule has 0 bridgehead atoms. The number of anilines is 1. The summed E-state index contributed by atoms with van der Waals surface area (Å²) in [6.07, 6.45) is 3.37. The number of furan rings is 1. The Hall–Kier alpha value is -2.49. The Kier molecular flexibility index (Phi) is 1.91. The van der Waals surface area contributed by atoms with E-state index in [0.717, 1.165) is 33.3 Å². The lowest BCUT2D eigenvalue weighted by atomic mass is 10.1. The van der Waals surface area contributed by atoms with Crippen LogP contribution in [0.3, 0.4) is 0 Å². The smallest absolute Gasteiger partial charge is 0.227 e. The Bertz CT molecular complexity index is 975. The van der Waals surface area contributed by atoms with Crippen molar-refractivity contribution in [3.8, 4) is 0 Å². The predicted molar refractivity (Wildman–Crippen MR) is 85.2 cm³/mol. The molecule has 0 fully saturated rings. The van der Waals surface area contributed by atoms with Crippen molar-refractivity contribution in [2.45, 2.75) is 13.8 Å². The van der Waals surface area contributed by atoms with Crippen molar-refractivity contribution in [2.75, 3.05) is 18.5 Å². The average Bonchev–Trinajstić information content (AvgIpc) is 3.10. The third-order valence-corrected chi connectivity index (χ3v) is 3.84. The quantitative estimate of drug-likeness (QED) is 0.680. The highest BCUT2D eigenvalue weighted by atomic mass is 16.3. The highest BCUT2D eigenvalue weighted by Gasteiger charge is 2.20. The number of aromatic nitrogens is 1. The van der Waals surface area contributed by atoms with Gasteiger partial charge in [-0.1, -0.05) is 12.1 Å². The largest absolute Gasteiger partial charge is 0.435 e. The van der Waals surface area contributed by atoms with E-state index in [9.17, 15) is 0 Å². The molecule has 0 N–H and O–H groups in total. The van der Waals surface area contributed by atoms with Crippen molar-refractivity contribution in [1.29, 1.82) is 0 Å². The van der Waals surface area contributed by atoms with Gasteiger partial charge in [-0.25, -0.2) is 4.98 Å².